The van der Waals surface area contributed by atoms with Crippen LogP contribution in [0.3, 0.4) is 0 Å². The standard InChI is InChI=1S/C27H24N2/c1-17-14-24-22(20-10-6-4-7-11-20)15-18(2)28-26(24)27-25(17)23(16-19(3)29-27)21-12-8-5-9-13-21/h4-17,25H,1-3H3. The van der Waals surface area contributed by atoms with Gasteiger partial charge in [0.05, 0.1) is 11.0 Å². The molecule has 1 aromatic heterocycles. The van der Waals surface area contributed by atoms with Gasteiger partial charge in [-0.15, -0.1) is 0 Å². The van der Waals surface area contributed by atoms with Gasteiger partial charge >= 0.3 is 0 Å². The van der Waals surface area contributed by atoms with Gasteiger partial charge in [-0.2, -0.15) is 0 Å². The maximum atomic E-state index is 5.02. The van der Waals surface area contributed by atoms with Crippen LogP contribution in [0.25, 0.3) is 28.5 Å². The maximum Gasteiger partial charge on any atom is 0.0929 e. The van der Waals surface area contributed by atoms with E-state index in [0.29, 0.717) is 5.92 Å². The Kier molecular flexibility index (Phi) is 4.28. The summed E-state index contributed by atoms with van der Waals surface area (Å²) in [7, 11) is 0. The molecule has 2 aromatic carbocycles. The van der Waals surface area contributed by atoms with E-state index in [0.717, 1.165) is 22.5 Å². The van der Waals surface area contributed by atoms with Crippen molar-refractivity contribution in [1.29, 1.82) is 0 Å². The van der Waals surface area contributed by atoms with Crippen molar-refractivity contribution in [3.05, 3.63) is 94.6 Å². The predicted molar refractivity (Wildman–Crippen MR) is 122 cm³/mol. The Morgan fingerprint density at radius 3 is 2.17 bits per heavy atom. The van der Waals surface area contributed by atoms with E-state index in [9.17, 15) is 0 Å². The van der Waals surface area contributed by atoms with Gasteiger partial charge in [0.15, 0.2) is 0 Å². The van der Waals surface area contributed by atoms with Crippen LogP contribution in [0.4, 0.5) is 0 Å². The number of hydrogen-bond donors (Lipinski definition) is 0. The van der Waals surface area contributed by atoms with E-state index >= 15 is 0 Å². The highest BCUT2D eigenvalue weighted by Crippen LogP contribution is 2.40. The van der Waals surface area contributed by atoms with Crippen LogP contribution in [0.1, 0.15) is 25.1 Å². The topological polar surface area (TPSA) is 25.2 Å². The lowest BCUT2D eigenvalue weighted by atomic mass is 9.76. The summed E-state index contributed by atoms with van der Waals surface area (Å²) in [5, 5.41) is 2.25. The molecule has 0 N–H and O–H groups in total. The van der Waals surface area contributed by atoms with E-state index in [2.05, 4.69) is 99.7 Å². The molecule has 0 bridgehead atoms. The molecule has 1 aliphatic heterocycles. The lowest BCUT2D eigenvalue weighted by Gasteiger charge is -2.31. The zero-order valence-electron chi connectivity index (χ0n) is 17.1. The van der Waals surface area contributed by atoms with E-state index in [1.54, 1.807) is 0 Å². The number of pyridine rings is 1. The van der Waals surface area contributed by atoms with Gasteiger partial charge < -0.3 is 0 Å². The van der Waals surface area contributed by atoms with Crippen molar-refractivity contribution in [2.24, 2.45) is 16.8 Å². The summed E-state index contributed by atoms with van der Waals surface area (Å²) >= 11 is 0. The first-order valence-corrected chi connectivity index (χ1v) is 10.2. The fraction of sp³-hybridized carbons (Fsp3) is 0.185. The molecular weight excluding hydrogens is 352 g/mol. The van der Waals surface area contributed by atoms with E-state index in [4.69, 9.17) is 9.98 Å². The van der Waals surface area contributed by atoms with Crippen LogP contribution < -0.4 is 10.6 Å². The molecule has 2 heteroatoms. The first-order valence-electron chi connectivity index (χ1n) is 10.2. The number of dihydropyridines is 1. The van der Waals surface area contributed by atoms with Crippen molar-refractivity contribution in [2.75, 3.05) is 0 Å². The smallest absolute Gasteiger partial charge is 0.0929 e. The SMILES string of the molecule is CC1=NC2=c3nc(C)cc(-c4ccccc4)c3=CC(C)C2C(c2ccccc2)=C1. The summed E-state index contributed by atoms with van der Waals surface area (Å²) in [6, 6.07) is 23.5. The van der Waals surface area contributed by atoms with Gasteiger partial charge in [-0.05, 0) is 54.2 Å². The van der Waals surface area contributed by atoms with Crippen molar-refractivity contribution in [2.45, 2.75) is 20.8 Å². The zero-order valence-corrected chi connectivity index (χ0v) is 17.1. The van der Waals surface area contributed by atoms with Crippen molar-refractivity contribution in [3.8, 4) is 11.1 Å². The molecule has 2 unspecified atom stereocenters. The quantitative estimate of drug-likeness (QED) is 0.632. The Balaban J connectivity index is 1.81. The molecule has 2 aliphatic rings. The van der Waals surface area contributed by atoms with E-state index in [-0.39, 0.29) is 5.92 Å². The Morgan fingerprint density at radius 2 is 1.48 bits per heavy atom. The number of rotatable bonds is 2. The summed E-state index contributed by atoms with van der Waals surface area (Å²) in [5.74, 6) is 0.569. The maximum absolute atomic E-state index is 5.02. The average Bonchev–Trinajstić information content (AvgIpc) is 2.74. The third kappa shape index (κ3) is 3.05. The molecule has 5 rings (SSSR count). The summed E-state index contributed by atoms with van der Waals surface area (Å²) < 4.78 is 0. The van der Waals surface area contributed by atoms with Crippen LogP contribution in [-0.2, 0) is 0 Å². The van der Waals surface area contributed by atoms with Crippen LogP contribution in [0.5, 0.6) is 0 Å². The summed E-state index contributed by atoms with van der Waals surface area (Å²) in [6.45, 7) is 6.46. The molecule has 0 fully saturated rings. The molecule has 0 spiro atoms. The minimum Gasteiger partial charge on any atom is -0.255 e. The fourth-order valence-electron chi connectivity index (χ4n) is 4.64. The Morgan fingerprint density at radius 1 is 0.828 bits per heavy atom. The van der Waals surface area contributed by atoms with Gasteiger partial charge in [0.25, 0.3) is 0 Å². The van der Waals surface area contributed by atoms with Gasteiger partial charge in [0.2, 0.25) is 0 Å². The number of nitrogens with zero attached hydrogens (tertiary/aromatic N) is 2. The second kappa shape index (κ2) is 6.97. The third-order valence-electron chi connectivity index (χ3n) is 5.87. The van der Waals surface area contributed by atoms with Crippen molar-refractivity contribution in [1.82, 2.24) is 4.98 Å². The minimum atomic E-state index is 0.228. The predicted octanol–water partition coefficient (Wildman–Crippen LogP) is 4.77. The highest BCUT2D eigenvalue weighted by Gasteiger charge is 2.32. The minimum absolute atomic E-state index is 0.228. The number of benzene rings is 2. The number of aliphatic imine (C=N–C) groups is 1. The molecule has 2 nitrogen and oxygen atoms in total. The second-order valence-corrected chi connectivity index (χ2v) is 8.05. The lowest BCUT2D eigenvalue weighted by Crippen LogP contribution is -2.41. The van der Waals surface area contributed by atoms with Gasteiger partial charge in [-0.25, -0.2) is 0 Å². The monoisotopic (exact) mass is 376 g/mol. The number of aromatic nitrogens is 1. The third-order valence-corrected chi connectivity index (χ3v) is 5.87. The molecule has 0 saturated carbocycles. The molecular formula is C27H24N2. The fourth-order valence-corrected chi connectivity index (χ4v) is 4.64. The Bertz CT molecular complexity index is 1270. The van der Waals surface area contributed by atoms with Crippen molar-refractivity contribution < 1.29 is 0 Å². The Labute approximate surface area is 171 Å². The van der Waals surface area contributed by atoms with Gasteiger partial charge in [0.1, 0.15) is 0 Å². The van der Waals surface area contributed by atoms with Gasteiger partial charge in [-0.1, -0.05) is 73.7 Å². The Hall–Kier alpha value is -3.26. The van der Waals surface area contributed by atoms with Crippen LogP contribution in [0, 0.1) is 18.8 Å². The molecule has 3 aromatic rings. The number of aryl methyl sites for hydroxylation is 1. The second-order valence-electron chi connectivity index (χ2n) is 8.05. The van der Waals surface area contributed by atoms with Crippen molar-refractivity contribution >= 4 is 23.1 Å². The van der Waals surface area contributed by atoms with Crippen LogP contribution in [0.2, 0.25) is 0 Å². The van der Waals surface area contributed by atoms with Gasteiger partial charge in [-0.3, -0.25) is 9.98 Å². The summed E-state index contributed by atoms with van der Waals surface area (Å²) in [4.78, 5) is 10.0. The van der Waals surface area contributed by atoms with E-state index in [1.807, 2.05) is 0 Å². The number of fused-ring (bicyclic) bond motifs is 2. The first-order chi connectivity index (χ1) is 14.1. The van der Waals surface area contributed by atoms with Crippen molar-refractivity contribution in [3.63, 3.8) is 0 Å². The first kappa shape index (κ1) is 17.8. The molecule has 1 aliphatic carbocycles. The highest BCUT2D eigenvalue weighted by atomic mass is 14.8. The lowest BCUT2D eigenvalue weighted by molar-refractivity contribution is 0.650. The summed E-state index contributed by atoms with van der Waals surface area (Å²) in [6.07, 6.45) is 4.64. The molecule has 0 amide bonds. The van der Waals surface area contributed by atoms with Gasteiger partial charge in [0, 0.05) is 22.5 Å². The summed E-state index contributed by atoms with van der Waals surface area (Å²) in [5.41, 5.74) is 8.26. The molecule has 0 saturated heterocycles. The molecule has 2 atom stereocenters. The van der Waals surface area contributed by atoms with E-state index in [1.165, 1.54) is 27.5 Å². The van der Waals surface area contributed by atoms with E-state index < -0.39 is 0 Å². The number of hydrogen-bond acceptors (Lipinski definition) is 2. The average molecular weight is 377 g/mol. The normalized spacial score (nSPS) is 20.2. The molecule has 29 heavy (non-hydrogen) atoms. The zero-order chi connectivity index (χ0) is 20.0. The van der Waals surface area contributed by atoms with Crippen LogP contribution in [0.15, 0.2) is 77.8 Å². The van der Waals surface area contributed by atoms with Crippen LogP contribution >= 0.6 is 0 Å². The highest BCUT2D eigenvalue weighted by molar-refractivity contribution is 6.06. The largest absolute Gasteiger partial charge is 0.255 e. The number of allylic oxidation sites excluding steroid dienone is 1. The molecule has 142 valence electrons. The molecule has 2 heterocycles. The molecule has 0 radical (unpaired) electrons. The van der Waals surface area contributed by atoms with Crippen LogP contribution in [-0.4, -0.2) is 10.7 Å².